The Bertz CT molecular complexity index is 555. The van der Waals surface area contributed by atoms with Crippen molar-refractivity contribution in [2.24, 2.45) is 0 Å². The van der Waals surface area contributed by atoms with Crippen molar-refractivity contribution < 1.29 is 4.74 Å². The van der Waals surface area contributed by atoms with E-state index in [1.807, 2.05) is 0 Å². The highest BCUT2D eigenvalue weighted by atomic mass is 16.5. The van der Waals surface area contributed by atoms with E-state index in [-0.39, 0.29) is 0 Å². The van der Waals surface area contributed by atoms with Gasteiger partial charge in [0.15, 0.2) is 0 Å². The number of fused-ring (bicyclic) bond motifs is 3. The zero-order valence-electron chi connectivity index (χ0n) is 9.58. The highest BCUT2D eigenvalue weighted by Crippen LogP contribution is 2.38. The molecule has 0 aromatic heterocycles. The van der Waals surface area contributed by atoms with Crippen LogP contribution in [0.2, 0.25) is 0 Å². The molecule has 0 spiro atoms. The van der Waals surface area contributed by atoms with Gasteiger partial charge in [0.05, 0.1) is 0 Å². The summed E-state index contributed by atoms with van der Waals surface area (Å²) in [5, 5.41) is 0. The molecule has 0 saturated carbocycles. The molecular weight excluding hydrogens is 196 g/mol. The fraction of sp³-hybridized carbons (Fsp3) is 0.200. The van der Waals surface area contributed by atoms with Crippen molar-refractivity contribution in [1.29, 1.82) is 0 Å². The summed E-state index contributed by atoms with van der Waals surface area (Å²) >= 11 is 0. The van der Waals surface area contributed by atoms with Crippen LogP contribution >= 0.6 is 0 Å². The smallest absolute Gasteiger partial charge is 0.127 e. The monoisotopic (exact) mass is 210 g/mol. The van der Waals surface area contributed by atoms with Gasteiger partial charge < -0.3 is 4.74 Å². The third-order valence-corrected chi connectivity index (χ3v) is 3.21. The lowest BCUT2D eigenvalue weighted by atomic mass is 9.93. The minimum Gasteiger partial charge on any atom is -0.488 e. The number of hydrogen-bond acceptors (Lipinski definition) is 1. The van der Waals surface area contributed by atoms with E-state index in [2.05, 4.69) is 50.2 Å². The van der Waals surface area contributed by atoms with E-state index >= 15 is 0 Å². The molecule has 0 fully saturated rings. The van der Waals surface area contributed by atoms with E-state index < -0.39 is 0 Å². The van der Waals surface area contributed by atoms with Crippen LogP contribution in [0.1, 0.15) is 16.7 Å². The van der Waals surface area contributed by atoms with E-state index in [1.165, 1.54) is 27.8 Å². The Morgan fingerprint density at radius 1 is 1.00 bits per heavy atom. The Hall–Kier alpha value is -1.76. The zero-order valence-corrected chi connectivity index (χ0v) is 9.58. The first kappa shape index (κ1) is 9.46. The summed E-state index contributed by atoms with van der Waals surface area (Å²) in [4.78, 5) is 0. The fourth-order valence-electron chi connectivity index (χ4n) is 2.28. The predicted molar refractivity (Wildman–Crippen MR) is 65.7 cm³/mol. The molecule has 80 valence electrons. The molecule has 1 aliphatic rings. The van der Waals surface area contributed by atoms with Gasteiger partial charge >= 0.3 is 0 Å². The van der Waals surface area contributed by atoms with Gasteiger partial charge in [0.1, 0.15) is 12.4 Å². The number of hydrogen-bond donors (Lipinski definition) is 0. The standard InChI is InChI=1S/C15H14O/c1-10-6-7-15-13(8-10)12-5-3-4-11(2)14(12)9-16-15/h3-8H,9H2,1-2H3. The number of benzene rings is 2. The second kappa shape index (κ2) is 3.38. The van der Waals surface area contributed by atoms with E-state index in [4.69, 9.17) is 4.74 Å². The maximum absolute atomic E-state index is 5.79. The van der Waals surface area contributed by atoms with Gasteiger partial charge in [-0.15, -0.1) is 0 Å². The molecular formula is C15H14O. The van der Waals surface area contributed by atoms with Crippen LogP contribution in [0.25, 0.3) is 11.1 Å². The molecule has 1 aliphatic heterocycles. The Morgan fingerprint density at radius 3 is 2.75 bits per heavy atom. The average Bonchev–Trinajstić information content (AvgIpc) is 2.29. The highest BCUT2D eigenvalue weighted by Gasteiger charge is 2.17. The molecule has 1 heteroatoms. The van der Waals surface area contributed by atoms with E-state index in [0.717, 1.165) is 5.75 Å². The van der Waals surface area contributed by atoms with E-state index in [1.54, 1.807) is 0 Å². The first-order chi connectivity index (χ1) is 7.75. The highest BCUT2D eigenvalue weighted by molar-refractivity contribution is 5.76. The van der Waals surface area contributed by atoms with Crippen molar-refractivity contribution in [3.8, 4) is 16.9 Å². The normalized spacial score (nSPS) is 12.6. The quantitative estimate of drug-likeness (QED) is 0.641. The van der Waals surface area contributed by atoms with Gasteiger partial charge in [0.2, 0.25) is 0 Å². The maximum atomic E-state index is 5.79. The summed E-state index contributed by atoms with van der Waals surface area (Å²) in [6.45, 7) is 4.95. The molecule has 0 N–H and O–H groups in total. The van der Waals surface area contributed by atoms with Crippen LogP contribution < -0.4 is 4.74 Å². The Morgan fingerprint density at radius 2 is 1.88 bits per heavy atom. The van der Waals surface area contributed by atoms with Crippen LogP contribution in [0.4, 0.5) is 0 Å². The Balaban J connectivity index is 2.30. The number of aryl methyl sites for hydroxylation is 2. The number of ether oxygens (including phenoxy) is 1. The van der Waals surface area contributed by atoms with Crippen molar-refractivity contribution in [3.63, 3.8) is 0 Å². The van der Waals surface area contributed by atoms with E-state index in [0.29, 0.717) is 6.61 Å². The van der Waals surface area contributed by atoms with Crippen LogP contribution in [0, 0.1) is 13.8 Å². The SMILES string of the molecule is Cc1ccc2c(c1)-c1cccc(C)c1CO2. The van der Waals surface area contributed by atoms with Crippen LogP contribution in [0.15, 0.2) is 36.4 Å². The molecule has 2 aromatic carbocycles. The second-order valence-corrected chi connectivity index (χ2v) is 4.39. The molecule has 0 atom stereocenters. The summed E-state index contributed by atoms with van der Waals surface area (Å²) in [6.07, 6.45) is 0. The van der Waals surface area contributed by atoms with Gasteiger partial charge in [-0.05, 0) is 37.1 Å². The minimum absolute atomic E-state index is 0.693. The zero-order chi connectivity index (χ0) is 11.1. The van der Waals surface area contributed by atoms with Crippen LogP contribution in [-0.2, 0) is 6.61 Å². The number of rotatable bonds is 0. The molecule has 0 radical (unpaired) electrons. The van der Waals surface area contributed by atoms with Crippen LogP contribution in [0.3, 0.4) is 0 Å². The molecule has 0 aliphatic carbocycles. The third kappa shape index (κ3) is 1.32. The lowest BCUT2D eigenvalue weighted by Gasteiger charge is -2.22. The summed E-state index contributed by atoms with van der Waals surface area (Å²) in [5.41, 5.74) is 6.46. The van der Waals surface area contributed by atoms with Crippen molar-refractivity contribution >= 4 is 0 Å². The maximum Gasteiger partial charge on any atom is 0.127 e. The lowest BCUT2D eigenvalue weighted by Crippen LogP contribution is -2.07. The minimum atomic E-state index is 0.693. The van der Waals surface area contributed by atoms with Gasteiger partial charge in [-0.2, -0.15) is 0 Å². The molecule has 0 amide bonds. The molecule has 0 bridgehead atoms. The predicted octanol–water partition coefficient (Wildman–Crippen LogP) is 3.86. The molecule has 0 saturated heterocycles. The molecule has 1 heterocycles. The van der Waals surface area contributed by atoms with Gasteiger partial charge in [0, 0.05) is 11.1 Å². The third-order valence-electron chi connectivity index (χ3n) is 3.21. The molecule has 3 rings (SSSR count). The van der Waals surface area contributed by atoms with Gasteiger partial charge in [0.25, 0.3) is 0 Å². The van der Waals surface area contributed by atoms with Gasteiger partial charge in [-0.25, -0.2) is 0 Å². The molecule has 0 unspecified atom stereocenters. The Labute approximate surface area is 95.7 Å². The fourth-order valence-corrected chi connectivity index (χ4v) is 2.28. The van der Waals surface area contributed by atoms with Gasteiger partial charge in [-0.3, -0.25) is 0 Å². The summed E-state index contributed by atoms with van der Waals surface area (Å²) in [6, 6.07) is 12.8. The average molecular weight is 210 g/mol. The van der Waals surface area contributed by atoms with Crippen molar-refractivity contribution in [2.75, 3.05) is 0 Å². The molecule has 2 aromatic rings. The van der Waals surface area contributed by atoms with Crippen molar-refractivity contribution in [3.05, 3.63) is 53.1 Å². The van der Waals surface area contributed by atoms with E-state index in [9.17, 15) is 0 Å². The summed E-state index contributed by atoms with van der Waals surface area (Å²) in [7, 11) is 0. The topological polar surface area (TPSA) is 9.23 Å². The van der Waals surface area contributed by atoms with Crippen LogP contribution in [-0.4, -0.2) is 0 Å². The Kier molecular flexibility index (Phi) is 2.00. The first-order valence-corrected chi connectivity index (χ1v) is 5.58. The summed E-state index contributed by atoms with van der Waals surface area (Å²) < 4.78 is 5.79. The van der Waals surface area contributed by atoms with Crippen molar-refractivity contribution in [1.82, 2.24) is 0 Å². The first-order valence-electron chi connectivity index (χ1n) is 5.58. The molecule has 16 heavy (non-hydrogen) atoms. The molecule has 1 nitrogen and oxygen atoms in total. The largest absolute Gasteiger partial charge is 0.488 e. The van der Waals surface area contributed by atoms with Gasteiger partial charge in [-0.1, -0.05) is 29.8 Å². The summed E-state index contributed by atoms with van der Waals surface area (Å²) in [5.74, 6) is 1.00. The lowest BCUT2D eigenvalue weighted by molar-refractivity contribution is 0.301. The van der Waals surface area contributed by atoms with Crippen molar-refractivity contribution in [2.45, 2.75) is 20.5 Å². The second-order valence-electron chi connectivity index (χ2n) is 4.39. The van der Waals surface area contributed by atoms with Crippen LogP contribution in [0.5, 0.6) is 5.75 Å².